The summed E-state index contributed by atoms with van der Waals surface area (Å²) in [7, 11) is 0. The zero-order valence-corrected chi connectivity index (χ0v) is 22.5. The maximum absolute atomic E-state index is 13.8. The molecule has 0 radical (unpaired) electrons. The van der Waals surface area contributed by atoms with Gasteiger partial charge < -0.3 is 10.6 Å². The second-order valence-electron chi connectivity index (χ2n) is 11.2. The van der Waals surface area contributed by atoms with Gasteiger partial charge in [-0.25, -0.2) is 13.8 Å². The lowest BCUT2D eigenvalue weighted by Gasteiger charge is -2.32. The van der Waals surface area contributed by atoms with Crippen molar-refractivity contribution in [2.75, 3.05) is 25.0 Å². The van der Waals surface area contributed by atoms with Crippen LogP contribution in [0.1, 0.15) is 47.2 Å². The molecule has 1 aromatic carbocycles. The fourth-order valence-corrected chi connectivity index (χ4v) is 7.22. The largest absolute Gasteiger partial charge is 0.381 e. The number of carbonyl (C=O) groups is 1. The van der Waals surface area contributed by atoms with Crippen LogP contribution >= 0.6 is 11.3 Å². The molecule has 200 valence electrons. The minimum Gasteiger partial charge on any atom is -0.381 e. The van der Waals surface area contributed by atoms with Crippen LogP contribution in [0.15, 0.2) is 43.0 Å². The standard InChI is InChI=1S/C30H29F2N5OS/c1-3-19-12-18(13-20(35-19)15-37-10-8-29(9-11-37)16-30(29,31)32)22-5-4-21-23(36-22)6-7-24-25(21)26-27(39-24)28(38)34-17(2)14-33-26/h3-7,12-13,17,33H,1,8-11,14-16H2,2H3,(H,34,38)/t17-/m1/s1. The van der Waals surface area contributed by atoms with Crippen LogP contribution in [-0.2, 0) is 6.54 Å². The number of rotatable bonds is 4. The van der Waals surface area contributed by atoms with E-state index in [1.165, 1.54) is 11.3 Å². The van der Waals surface area contributed by atoms with Crippen molar-refractivity contribution < 1.29 is 13.6 Å². The Hall–Kier alpha value is -3.43. The van der Waals surface area contributed by atoms with E-state index < -0.39 is 11.3 Å². The van der Waals surface area contributed by atoms with Crippen LogP contribution in [0, 0.1) is 5.41 Å². The number of likely N-dealkylation sites (tertiary alicyclic amines) is 1. The van der Waals surface area contributed by atoms with Gasteiger partial charge in [-0.05, 0) is 75.3 Å². The van der Waals surface area contributed by atoms with Gasteiger partial charge in [-0.15, -0.1) is 11.3 Å². The second kappa shape index (κ2) is 8.79. The molecule has 2 N–H and O–H groups in total. The first kappa shape index (κ1) is 24.6. The van der Waals surface area contributed by atoms with E-state index in [1.54, 1.807) is 6.08 Å². The topological polar surface area (TPSA) is 70.2 Å². The first-order valence-electron chi connectivity index (χ1n) is 13.4. The van der Waals surface area contributed by atoms with Crippen molar-refractivity contribution in [1.82, 2.24) is 20.2 Å². The molecule has 7 rings (SSSR count). The molecule has 2 aliphatic heterocycles. The molecule has 1 amide bonds. The Labute approximate surface area is 229 Å². The predicted octanol–water partition coefficient (Wildman–Crippen LogP) is 6.32. The van der Waals surface area contributed by atoms with E-state index in [2.05, 4.69) is 28.2 Å². The van der Waals surface area contributed by atoms with Gasteiger partial charge in [-0.1, -0.05) is 6.58 Å². The number of fused-ring (bicyclic) bond motifs is 5. The fourth-order valence-electron chi connectivity index (χ4n) is 6.12. The highest BCUT2D eigenvalue weighted by Gasteiger charge is 2.70. The highest BCUT2D eigenvalue weighted by atomic mass is 32.1. The van der Waals surface area contributed by atoms with E-state index in [0.29, 0.717) is 43.9 Å². The van der Waals surface area contributed by atoms with Crippen LogP contribution in [0.25, 0.3) is 38.3 Å². The third-order valence-corrected chi connectivity index (χ3v) is 9.66. The number of hydrogen-bond donors (Lipinski definition) is 2. The summed E-state index contributed by atoms with van der Waals surface area (Å²) in [5.74, 6) is -2.53. The maximum Gasteiger partial charge on any atom is 0.263 e. The van der Waals surface area contributed by atoms with Gasteiger partial charge >= 0.3 is 0 Å². The minimum atomic E-state index is -2.48. The number of thiophene rings is 1. The summed E-state index contributed by atoms with van der Waals surface area (Å²) in [6, 6.07) is 12.2. The Balaban J connectivity index is 1.21. The van der Waals surface area contributed by atoms with Crippen molar-refractivity contribution in [2.45, 2.75) is 44.7 Å². The van der Waals surface area contributed by atoms with Gasteiger partial charge in [0.1, 0.15) is 4.88 Å². The lowest BCUT2D eigenvalue weighted by Crippen LogP contribution is -2.36. The number of piperidine rings is 1. The summed E-state index contributed by atoms with van der Waals surface area (Å²) in [5.41, 5.74) is 4.37. The van der Waals surface area contributed by atoms with Gasteiger partial charge in [0.15, 0.2) is 0 Å². The highest BCUT2D eigenvalue weighted by molar-refractivity contribution is 7.21. The molecule has 2 fully saturated rings. The van der Waals surface area contributed by atoms with Crippen molar-refractivity contribution in [3.63, 3.8) is 0 Å². The third kappa shape index (κ3) is 4.10. The monoisotopic (exact) mass is 545 g/mol. The number of halogens is 2. The third-order valence-electron chi connectivity index (χ3n) is 8.50. The molecule has 1 atom stereocenters. The summed E-state index contributed by atoms with van der Waals surface area (Å²) >= 11 is 1.50. The Morgan fingerprint density at radius 1 is 1.18 bits per heavy atom. The number of nitrogens with one attached hydrogen (secondary N) is 2. The Morgan fingerprint density at radius 3 is 2.72 bits per heavy atom. The Kier molecular flexibility index (Phi) is 5.55. The lowest BCUT2D eigenvalue weighted by atomic mass is 9.92. The maximum atomic E-state index is 13.8. The number of hydrogen-bond acceptors (Lipinski definition) is 6. The zero-order chi connectivity index (χ0) is 26.9. The fraction of sp³-hybridized carbons (Fsp3) is 0.367. The van der Waals surface area contributed by atoms with Crippen LogP contribution in [0.5, 0.6) is 0 Å². The number of benzene rings is 1. The minimum absolute atomic E-state index is 0.0404. The van der Waals surface area contributed by atoms with Gasteiger partial charge in [0.05, 0.1) is 28.3 Å². The van der Waals surface area contributed by atoms with Crippen LogP contribution in [0.3, 0.4) is 0 Å². The smallest absolute Gasteiger partial charge is 0.263 e. The summed E-state index contributed by atoms with van der Waals surface area (Å²) in [6.07, 6.45) is 2.84. The van der Waals surface area contributed by atoms with Crippen molar-refractivity contribution in [3.8, 4) is 11.3 Å². The molecule has 3 aromatic heterocycles. The number of pyridine rings is 2. The molecule has 1 saturated carbocycles. The SMILES string of the molecule is C=Cc1cc(-c2ccc3c(ccc4sc5c(c43)NC[C@@H](C)NC5=O)n2)cc(CN2CCC3(CC2)CC3(F)F)n1. The second-order valence-corrected chi connectivity index (χ2v) is 12.2. The van der Waals surface area contributed by atoms with E-state index in [-0.39, 0.29) is 18.4 Å². The first-order chi connectivity index (χ1) is 18.7. The van der Waals surface area contributed by atoms with Crippen LogP contribution in [-0.4, -0.2) is 52.4 Å². The molecule has 3 aliphatic rings. The molecule has 1 spiro atoms. The van der Waals surface area contributed by atoms with E-state index in [0.717, 1.165) is 49.3 Å². The molecular weight excluding hydrogens is 516 g/mol. The molecule has 0 unspecified atom stereocenters. The highest BCUT2D eigenvalue weighted by Crippen LogP contribution is 2.65. The summed E-state index contributed by atoms with van der Waals surface area (Å²) in [4.78, 5) is 25.4. The van der Waals surface area contributed by atoms with Crippen molar-refractivity contribution in [2.24, 2.45) is 5.41 Å². The predicted molar refractivity (Wildman–Crippen MR) is 152 cm³/mol. The van der Waals surface area contributed by atoms with Crippen LogP contribution in [0.2, 0.25) is 0 Å². The van der Waals surface area contributed by atoms with Gasteiger partial charge in [-0.3, -0.25) is 14.7 Å². The van der Waals surface area contributed by atoms with E-state index in [4.69, 9.17) is 9.97 Å². The number of alkyl halides is 2. The first-order valence-corrected chi connectivity index (χ1v) is 14.2. The average Bonchev–Trinajstić information content (AvgIpc) is 3.30. The van der Waals surface area contributed by atoms with Crippen molar-refractivity contribution in [3.05, 3.63) is 59.2 Å². The van der Waals surface area contributed by atoms with E-state index in [1.807, 2.05) is 37.3 Å². The Bertz CT molecular complexity index is 1660. The molecule has 1 aliphatic carbocycles. The summed E-state index contributed by atoms with van der Waals surface area (Å²) in [6.45, 7) is 8.49. The molecule has 9 heteroatoms. The summed E-state index contributed by atoms with van der Waals surface area (Å²) in [5, 5.41) is 8.54. The van der Waals surface area contributed by atoms with Gasteiger partial charge in [0.2, 0.25) is 0 Å². The van der Waals surface area contributed by atoms with Crippen molar-refractivity contribution in [1.29, 1.82) is 0 Å². The van der Waals surface area contributed by atoms with Gasteiger partial charge in [0.25, 0.3) is 11.8 Å². The van der Waals surface area contributed by atoms with E-state index in [9.17, 15) is 13.6 Å². The molecule has 4 aromatic rings. The molecule has 1 saturated heterocycles. The van der Waals surface area contributed by atoms with Crippen molar-refractivity contribution >= 4 is 50.0 Å². The number of nitrogens with zero attached hydrogens (tertiary/aromatic N) is 3. The molecule has 0 bridgehead atoms. The zero-order valence-electron chi connectivity index (χ0n) is 21.7. The number of anilines is 1. The van der Waals surface area contributed by atoms with Gasteiger partial charge in [-0.2, -0.15) is 0 Å². The van der Waals surface area contributed by atoms with Crippen LogP contribution < -0.4 is 10.6 Å². The average molecular weight is 546 g/mol. The quantitative estimate of drug-likeness (QED) is 0.314. The van der Waals surface area contributed by atoms with Crippen LogP contribution in [0.4, 0.5) is 14.5 Å². The molecule has 6 nitrogen and oxygen atoms in total. The normalized spacial score (nSPS) is 21.8. The molecule has 5 heterocycles. The molecule has 39 heavy (non-hydrogen) atoms. The number of amides is 1. The Morgan fingerprint density at radius 2 is 1.97 bits per heavy atom. The van der Waals surface area contributed by atoms with Gasteiger partial charge in [0, 0.05) is 52.0 Å². The molecular formula is C30H29F2N5OS. The number of aromatic nitrogens is 2. The van der Waals surface area contributed by atoms with E-state index >= 15 is 0 Å². The number of carbonyl (C=O) groups excluding carboxylic acids is 1. The lowest BCUT2D eigenvalue weighted by molar-refractivity contribution is 0.0298. The summed E-state index contributed by atoms with van der Waals surface area (Å²) < 4.78 is 28.7.